The van der Waals surface area contributed by atoms with E-state index in [1.165, 1.54) is 25.0 Å². The Morgan fingerprint density at radius 3 is 2.76 bits per heavy atom. The highest BCUT2D eigenvalue weighted by Crippen LogP contribution is 2.19. The lowest BCUT2D eigenvalue weighted by Gasteiger charge is -2.28. The average molecular weight is 295 g/mol. The minimum absolute atomic E-state index is 0.468. The van der Waals surface area contributed by atoms with Gasteiger partial charge < -0.3 is 10.2 Å². The van der Waals surface area contributed by atoms with Crippen LogP contribution in [0, 0.1) is 21.8 Å². The number of nitro benzene ring substituents is 1. The summed E-state index contributed by atoms with van der Waals surface area (Å²) in [7, 11) is 2.15. The Morgan fingerprint density at radius 2 is 2.14 bits per heavy atom. The number of nitrogens with one attached hydrogen (secondary N) is 1. The molecular weight excluding hydrogens is 273 g/mol. The van der Waals surface area contributed by atoms with Crippen molar-refractivity contribution in [2.75, 3.05) is 26.7 Å². The fourth-order valence-electron chi connectivity index (χ4n) is 2.70. The van der Waals surface area contributed by atoms with Crippen molar-refractivity contribution in [3.63, 3.8) is 0 Å². The molecule has 0 spiro atoms. The summed E-state index contributed by atoms with van der Waals surface area (Å²) in [5, 5.41) is 13.8. The van der Waals surface area contributed by atoms with Crippen LogP contribution in [0.2, 0.25) is 0 Å². The van der Waals surface area contributed by atoms with Gasteiger partial charge in [-0.15, -0.1) is 0 Å². The van der Waals surface area contributed by atoms with Crippen LogP contribution in [0.1, 0.15) is 24.8 Å². The molecule has 0 amide bonds. The smallest absolute Gasteiger partial charge is 0.304 e. The largest absolute Gasteiger partial charge is 0.313 e. The zero-order chi connectivity index (χ0) is 15.2. The van der Waals surface area contributed by atoms with E-state index in [4.69, 9.17) is 0 Å². The molecule has 0 unspecified atom stereocenters. The van der Waals surface area contributed by atoms with Crippen molar-refractivity contribution in [1.82, 2.24) is 10.2 Å². The van der Waals surface area contributed by atoms with Gasteiger partial charge in [-0.05, 0) is 63.5 Å². The monoisotopic (exact) mass is 295 g/mol. The van der Waals surface area contributed by atoms with Crippen LogP contribution in [0.15, 0.2) is 18.2 Å². The Kier molecular flexibility index (Phi) is 5.64. The van der Waals surface area contributed by atoms with E-state index in [0.29, 0.717) is 6.54 Å². The second kappa shape index (κ2) is 7.47. The molecule has 2 rings (SSSR count). The Balaban J connectivity index is 1.71. The van der Waals surface area contributed by atoms with E-state index in [1.807, 2.05) is 0 Å². The Hall–Kier alpha value is -1.53. The van der Waals surface area contributed by atoms with Gasteiger partial charge in [0.1, 0.15) is 0 Å². The van der Waals surface area contributed by atoms with Crippen LogP contribution in [-0.4, -0.2) is 36.5 Å². The molecule has 0 aromatic heterocycles. The lowest BCUT2D eigenvalue weighted by molar-refractivity contribution is -0.387. The topological polar surface area (TPSA) is 58.4 Å². The van der Waals surface area contributed by atoms with Crippen LogP contribution >= 0.6 is 0 Å². The van der Waals surface area contributed by atoms with E-state index in [2.05, 4.69) is 17.3 Å². The summed E-state index contributed by atoms with van der Waals surface area (Å²) in [5.41, 5.74) is 0.270. The van der Waals surface area contributed by atoms with Gasteiger partial charge in [0.05, 0.1) is 4.92 Å². The van der Waals surface area contributed by atoms with Gasteiger partial charge in [-0.25, -0.2) is 0 Å². The number of likely N-dealkylation sites (tertiary alicyclic amines) is 1. The molecule has 5 nitrogen and oxygen atoms in total. The third-order valence-corrected chi connectivity index (χ3v) is 4.11. The molecule has 1 aromatic carbocycles. The second-order valence-corrected chi connectivity index (χ2v) is 5.75. The number of nitro groups is 1. The Bertz CT molecular complexity index is 488. The van der Waals surface area contributed by atoms with Gasteiger partial charge in [0.2, 0.25) is 5.82 Å². The molecule has 1 saturated heterocycles. The molecule has 1 aliphatic rings. The molecule has 0 aliphatic carbocycles. The van der Waals surface area contributed by atoms with Crippen molar-refractivity contribution >= 4 is 5.69 Å². The van der Waals surface area contributed by atoms with Crippen molar-refractivity contribution in [3.8, 4) is 0 Å². The van der Waals surface area contributed by atoms with E-state index >= 15 is 0 Å². The van der Waals surface area contributed by atoms with Crippen LogP contribution in [0.3, 0.4) is 0 Å². The molecule has 1 heterocycles. The molecule has 21 heavy (non-hydrogen) atoms. The number of halogens is 1. The van der Waals surface area contributed by atoms with Crippen LogP contribution in [0.4, 0.5) is 10.1 Å². The zero-order valence-electron chi connectivity index (χ0n) is 12.3. The van der Waals surface area contributed by atoms with Crippen LogP contribution in [0.25, 0.3) is 0 Å². The summed E-state index contributed by atoms with van der Waals surface area (Å²) in [4.78, 5) is 12.2. The first-order chi connectivity index (χ1) is 10.1. The summed E-state index contributed by atoms with van der Waals surface area (Å²) in [5.74, 6) is -0.00286. The maximum Gasteiger partial charge on any atom is 0.304 e. The Morgan fingerprint density at radius 1 is 1.43 bits per heavy atom. The minimum Gasteiger partial charge on any atom is -0.313 e. The summed E-state index contributed by atoms with van der Waals surface area (Å²) in [6, 6.07) is 4.06. The van der Waals surface area contributed by atoms with Crippen molar-refractivity contribution in [3.05, 3.63) is 39.7 Å². The highest BCUT2D eigenvalue weighted by Gasteiger charge is 2.16. The summed E-state index contributed by atoms with van der Waals surface area (Å²) in [6.07, 6.45) is 3.61. The van der Waals surface area contributed by atoms with Crippen molar-refractivity contribution in [2.24, 2.45) is 5.92 Å². The molecule has 0 radical (unpaired) electrons. The first-order valence-corrected chi connectivity index (χ1v) is 7.38. The SMILES string of the molecule is CN1CCC(CCNCc2ccc([N+](=O)[O-])c(F)c2)CC1. The zero-order valence-corrected chi connectivity index (χ0v) is 12.3. The third kappa shape index (κ3) is 4.75. The van der Waals surface area contributed by atoms with Crippen LogP contribution < -0.4 is 5.32 Å². The molecule has 6 heteroatoms. The fourth-order valence-corrected chi connectivity index (χ4v) is 2.70. The number of hydrogen-bond donors (Lipinski definition) is 1. The van der Waals surface area contributed by atoms with Gasteiger partial charge >= 0.3 is 5.69 Å². The highest BCUT2D eigenvalue weighted by molar-refractivity contribution is 5.34. The third-order valence-electron chi connectivity index (χ3n) is 4.11. The quantitative estimate of drug-likeness (QED) is 0.498. The van der Waals surface area contributed by atoms with Crippen LogP contribution in [-0.2, 0) is 6.54 Å². The van der Waals surface area contributed by atoms with Gasteiger partial charge in [-0.3, -0.25) is 10.1 Å². The molecule has 0 saturated carbocycles. The molecule has 1 N–H and O–H groups in total. The van der Waals surface area contributed by atoms with Crippen molar-refractivity contribution in [1.29, 1.82) is 0 Å². The number of nitrogens with zero attached hydrogens (tertiary/aromatic N) is 2. The fraction of sp³-hybridized carbons (Fsp3) is 0.600. The van der Waals surface area contributed by atoms with E-state index < -0.39 is 16.4 Å². The summed E-state index contributed by atoms with van der Waals surface area (Å²) >= 11 is 0. The molecule has 1 aromatic rings. The Labute approximate surface area is 124 Å². The predicted octanol–water partition coefficient (Wildman–Crippen LogP) is 2.56. The molecule has 1 aliphatic heterocycles. The number of piperidine rings is 1. The van der Waals surface area contributed by atoms with E-state index in [0.717, 1.165) is 37.5 Å². The number of rotatable bonds is 6. The van der Waals surface area contributed by atoms with Crippen molar-refractivity contribution in [2.45, 2.75) is 25.8 Å². The second-order valence-electron chi connectivity index (χ2n) is 5.75. The lowest BCUT2D eigenvalue weighted by Crippen LogP contribution is -2.31. The van der Waals surface area contributed by atoms with E-state index in [9.17, 15) is 14.5 Å². The van der Waals surface area contributed by atoms with Gasteiger partial charge in [0.15, 0.2) is 0 Å². The standard InChI is InChI=1S/C15H22FN3O2/c1-18-8-5-12(6-9-18)4-7-17-11-13-2-3-15(19(20)21)14(16)10-13/h2-3,10,12,17H,4-9,11H2,1H3. The normalized spacial score (nSPS) is 17.0. The van der Waals surface area contributed by atoms with Crippen LogP contribution in [0.5, 0.6) is 0 Å². The predicted molar refractivity (Wildman–Crippen MR) is 79.6 cm³/mol. The molecular formula is C15H22FN3O2. The van der Waals surface area contributed by atoms with Gasteiger partial charge in [0, 0.05) is 12.6 Å². The molecule has 0 atom stereocenters. The van der Waals surface area contributed by atoms with Gasteiger partial charge in [0.25, 0.3) is 0 Å². The minimum atomic E-state index is -0.769. The van der Waals surface area contributed by atoms with Crippen molar-refractivity contribution < 1.29 is 9.31 Å². The summed E-state index contributed by atoms with van der Waals surface area (Å²) < 4.78 is 13.5. The first-order valence-electron chi connectivity index (χ1n) is 7.38. The van der Waals surface area contributed by atoms with E-state index in [1.54, 1.807) is 6.07 Å². The molecule has 116 valence electrons. The molecule has 0 bridgehead atoms. The van der Waals surface area contributed by atoms with E-state index in [-0.39, 0.29) is 0 Å². The van der Waals surface area contributed by atoms with Gasteiger partial charge in [-0.1, -0.05) is 6.07 Å². The number of benzene rings is 1. The lowest BCUT2D eigenvalue weighted by atomic mass is 9.94. The first kappa shape index (κ1) is 15.9. The average Bonchev–Trinajstić information content (AvgIpc) is 2.45. The maximum atomic E-state index is 13.5. The summed E-state index contributed by atoms with van der Waals surface area (Å²) in [6.45, 7) is 3.77. The highest BCUT2D eigenvalue weighted by atomic mass is 19.1. The molecule has 1 fully saturated rings. The maximum absolute atomic E-state index is 13.5. The van der Waals surface area contributed by atoms with Gasteiger partial charge in [-0.2, -0.15) is 4.39 Å². The number of hydrogen-bond acceptors (Lipinski definition) is 4.